The largest absolute Gasteiger partial charge is 0.439 e. The topological polar surface area (TPSA) is 18.5 Å². The van der Waals surface area contributed by atoms with Crippen LogP contribution >= 0.6 is 8.38 Å². The van der Waals surface area contributed by atoms with Crippen LogP contribution in [0.4, 0.5) is 0 Å². The predicted molar refractivity (Wildman–Crippen MR) is 76.2 cm³/mol. The van der Waals surface area contributed by atoms with Crippen LogP contribution in [0.3, 0.4) is 0 Å². The lowest BCUT2D eigenvalue weighted by molar-refractivity contribution is 0.488. The van der Waals surface area contributed by atoms with E-state index in [0.717, 1.165) is 24.1 Å². The molecule has 0 aliphatic carbocycles. The van der Waals surface area contributed by atoms with Crippen molar-refractivity contribution in [2.45, 2.75) is 13.3 Å². The van der Waals surface area contributed by atoms with E-state index in [2.05, 4.69) is 6.92 Å². The molecule has 0 saturated carbocycles. The molecule has 0 fully saturated rings. The van der Waals surface area contributed by atoms with Crippen molar-refractivity contribution >= 4 is 8.38 Å². The molecule has 2 nitrogen and oxygen atoms in total. The minimum Gasteiger partial charge on any atom is -0.439 e. The Balaban J connectivity index is 2.00. The van der Waals surface area contributed by atoms with Gasteiger partial charge < -0.3 is 9.05 Å². The number of para-hydroxylation sites is 2. The third-order valence-electron chi connectivity index (χ3n) is 2.31. The van der Waals surface area contributed by atoms with Gasteiger partial charge in [0.2, 0.25) is 0 Å². The molecule has 18 heavy (non-hydrogen) atoms. The molecule has 2 rings (SSSR count). The maximum atomic E-state index is 5.90. The molecular formula is C15H17O2P. The van der Waals surface area contributed by atoms with Crippen LogP contribution in [0.15, 0.2) is 60.7 Å². The standard InChI is InChI=1S/C15H17O2P/c1-2-13-18(16-14-9-5-3-6-10-14)17-15-11-7-4-8-12-15/h3-12H,2,13H2,1H3. The first kappa shape index (κ1) is 12.9. The molecule has 0 aromatic heterocycles. The van der Waals surface area contributed by atoms with Crippen molar-refractivity contribution < 1.29 is 9.05 Å². The molecular weight excluding hydrogens is 243 g/mol. The van der Waals surface area contributed by atoms with E-state index in [1.54, 1.807) is 0 Å². The van der Waals surface area contributed by atoms with Gasteiger partial charge in [0.1, 0.15) is 11.5 Å². The van der Waals surface area contributed by atoms with Crippen molar-refractivity contribution in [2.24, 2.45) is 0 Å². The van der Waals surface area contributed by atoms with Crippen LogP contribution in [-0.2, 0) is 0 Å². The summed E-state index contributed by atoms with van der Waals surface area (Å²) in [7, 11) is -0.913. The fraction of sp³-hybridized carbons (Fsp3) is 0.200. The SMILES string of the molecule is CCCP(Oc1ccccc1)Oc1ccccc1. The van der Waals surface area contributed by atoms with E-state index in [4.69, 9.17) is 9.05 Å². The summed E-state index contributed by atoms with van der Waals surface area (Å²) < 4.78 is 11.8. The molecule has 0 radical (unpaired) electrons. The van der Waals surface area contributed by atoms with E-state index in [-0.39, 0.29) is 0 Å². The summed E-state index contributed by atoms with van der Waals surface area (Å²) in [6.07, 6.45) is 1.98. The zero-order valence-electron chi connectivity index (χ0n) is 10.5. The van der Waals surface area contributed by atoms with Gasteiger partial charge in [-0.25, -0.2) is 0 Å². The number of rotatable bonds is 6. The highest BCUT2D eigenvalue weighted by Crippen LogP contribution is 2.40. The third kappa shape index (κ3) is 4.05. The van der Waals surface area contributed by atoms with Crippen LogP contribution < -0.4 is 9.05 Å². The van der Waals surface area contributed by atoms with Crippen LogP contribution in [-0.4, -0.2) is 6.16 Å². The number of hydrogen-bond donors (Lipinski definition) is 0. The van der Waals surface area contributed by atoms with Crippen LogP contribution in [0.2, 0.25) is 0 Å². The monoisotopic (exact) mass is 260 g/mol. The maximum Gasteiger partial charge on any atom is 0.290 e. The second-order valence-corrected chi connectivity index (χ2v) is 5.34. The van der Waals surface area contributed by atoms with Gasteiger partial charge in [-0.3, -0.25) is 0 Å². The molecule has 0 spiro atoms. The van der Waals surface area contributed by atoms with E-state index < -0.39 is 8.38 Å². The van der Waals surface area contributed by atoms with Gasteiger partial charge in [-0.1, -0.05) is 43.3 Å². The summed E-state index contributed by atoms with van der Waals surface area (Å²) in [5.41, 5.74) is 0. The molecule has 2 aromatic carbocycles. The highest BCUT2D eigenvalue weighted by Gasteiger charge is 2.13. The predicted octanol–water partition coefficient (Wildman–Crippen LogP) is 4.87. The van der Waals surface area contributed by atoms with E-state index in [0.29, 0.717) is 0 Å². The Labute approximate surface area is 109 Å². The summed E-state index contributed by atoms with van der Waals surface area (Å²) in [5.74, 6) is 1.74. The Kier molecular flexibility index (Phi) is 5.04. The Hall–Kier alpha value is -1.53. The smallest absolute Gasteiger partial charge is 0.290 e. The molecule has 0 aliphatic heterocycles. The summed E-state index contributed by atoms with van der Waals surface area (Å²) in [4.78, 5) is 0. The molecule has 0 heterocycles. The van der Waals surface area contributed by atoms with Gasteiger partial charge in [0.05, 0.1) is 0 Å². The average molecular weight is 260 g/mol. The highest BCUT2D eigenvalue weighted by molar-refractivity contribution is 7.48. The minimum atomic E-state index is -0.913. The van der Waals surface area contributed by atoms with Gasteiger partial charge in [0, 0.05) is 6.16 Å². The van der Waals surface area contributed by atoms with E-state index in [9.17, 15) is 0 Å². The first-order valence-electron chi connectivity index (χ1n) is 6.12. The molecule has 0 bridgehead atoms. The average Bonchev–Trinajstić information content (AvgIpc) is 2.41. The highest BCUT2D eigenvalue weighted by atomic mass is 31.2. The summed E-state index contributed by atoms with van der Waals surface area (Å²) in [6, 6.07) is 19.7. The molecule has 0 atom stereocenters. The number of hydrogen-bond acceptors (Lipinski definition) is 2. The fourth-order valence-corrected chi connectivity index (χ4v) is 2.79. The quantitative estimate of drug-likeness (QED) is 0.690. The van der Waals surface area contributed by atoms with Crippen molar-refractivity contribution in [2.75, 3.05) is 6.16 Å². The van der Waals surface area contributed by atoms with Gasteiger partial charge in [-0.15, -0.1) is 0 Å². The molecule has 2 aromatic rings. The van der Waals surface area contributed by atoms with E-state index in [1.165, 1.54) is 0 Å². The van der Waals surface area contributed by atoms with Gasteiger partial charge in [0.25, 0.3) is 8.38 Å². The zero-order chi connectivity index (χ0) is 12.6. The Morgan fingerprint density at radius 3 is 1.61 bits per heavy atom. The van der Waals surface area contributed by atoms with Crippen LogP contribution in [0.5, 0.6) is 11.5 Å². The van der Waals surface area contributed by atoms with Crippen LogP contribution in [0, 0.1) is 0 Å². The minimum absolute atomic E-state index is 0.869. The third-order valence-corrected chi connectivity index (χ3v) is 3.95. The van der Waals surface area contributed by atoms with E-state index >= 15 is 0 Å². The first-order valence-corrected chi connectivity index (χ1v) is 7.48. The molecule has 0 aliphatic rings. The fourth-order valence-electron chi connectivity index (χ4n) is 1.49. The molecule has 0 amide bonds. The number of benzene rings is 2. The summed E-state index contributed by atoms with van der Waals surface area (Å²) in [6.45, 7) is 2.14. The van der Waals surface area contributed by atoms with Gasteiger partial charge in [-0.2, -0.15) is 0 Å². The van der Waals surface area contributed by atoms with Gasteiger partial charge in [0.15, 0.2) is 0 Å². The Bertz CT molecular complexity index is 403. The summed E-state index contributed by atoms with van der Waals surface area (Å²) >= 11 is 0. The van der Waals surface area contributed by atoms with Gasteiger partial charge >= 0.3 is 0 Å². The van der Waals surface area contributed by atoms with Crippen LogP contribution in [0.1, 0.15) is 13.3 Å². The maximum absolute atomic E-state index is 5.90. The van der Waals surface area contributed by atoms with Crippen LogP contribution in [0.25, 0.3) is 0 Å². The molecule has 94 valence electrons. The second-order valence-electron chi connectivity index (χ2n) is 3.87. The molecule has 0 unspecified atom stereocenters. The summed E-state index contributed by atoms with van der Waals surface area (Å²) in [5, 5.41) is 0. The van der Waals surface area contributed by atoms with Gasteiger partial charge in [-0.05, 0) is 30.7 Å². The first-order chi connectivity index (χ1) is 8.88. The molecule has 0 saturated heterocycles. The second kappa shape index (κ2) is 7.03. The Morgan fingerprint density at radius 1 is 0.778 bits per heavy atom. The zero-order valence-corrected chi connectivity index (χ0v) is 11.3. The lowest BCUT2D eigenvalue weighted by Gasteiger charge is -2.18. The van der Waals surface area contributed by atoms with Crippen molar-refractivity contribution in [3.8, 4) is 11.5 Å². The molecule has 3 heteroatoms. The van der Waals surface area contributed by atoms with Crippen molar-refractivity contribution in [1.82, 2.24) is 0 Å². The normalized spacial score (nSPS) is 10.3. The lowest BCUT2D eigenvalue weighted by atomic mass is 10.3. The Morgan fingerprint density at radius 2 is 1.22 bits per heavy atom. The van der Waals surface area contributed by atoms with Crippen molar-refractivity contribution in [3.63, 3.8) is 0 Å². The molecule has 0 N–H and O–H groups in total. The van der Waals surface area contributed by atoms with E-state index in [1.807, 2.05) is 60.7 Å². The van der Waals surface area contributed by atoms with Crippen molar-refractivity contribution in [1.29, 1.82) is 0 Å². The van der Waals surface area contributed by atoms with Crippen molar-refractivity contribution in [3.05, 3.63) is 60.7 Å². The lowest BCUT2D eigenvalue weighted by Crippen LogP contribution is -1.99.